The second-order valence-corrected chi connectivity index (χ2v) is 11.3. The number of benzene rings is 1. The number of rotatable bonds is 4. The highest BCUT2D eigenvalue weighted by Crippen LogP contribution is 2.37. The third kappa shape index (κ3) is 4.07. The van der Waals surface area contributed by atoms with Gasteiger partial charge in [-0.3, -0.25) is 0 Å². The van der Waals surface area contributed by atoms with Crippen LogP contribution >= 0.6 is 11.6 Å². The molecule has 0 saturated heterocycles. The Bertz CT molecular complexity index is 401. The van der Waals surface area contributed by atoms with E-state index in [4.69, 9.17) is 16.0 Å². The average molecular weight is 289 g/mol. The van der Waals surface area contributed by atoms with E-state index in [1.54, 1.807) is 24.3 Å². The zero-order valence-corrected chi connectivity index (χ0v) is 13.5. The van der Waals surface area contributed by atoms with Gasteiger partial charge >= 0.3 is 0 Å². The number of alkyl halides is 1. The summed E-state index contributed by atoms with van der Waals surface area (Å²) in [6, 6.07) is 6.90. The van der Waals surface area contributed by atoms with Crippen LogP contribution in [-0.4, -0.2) is 14.9 Å². The topological polar surface area (TPSA) is 9.23 Å². The summed E-state index contributed by atoms with van der Waals surface area (Å²) >= 11 is 5.85. The highest BCUT2D eigenvalue weighted by atomic mass is 35.5. The van der Waals surface area contributed by atoms with Crippen molar-refractivity contribution in [1.82, 2.24) is 0 Å². The van der Waals surface area contributed by atoms with Crippen molar-refractivity contribution in [1.29, 1.82) is 0 Å². The lowest BCUT2D eigenvalue weighted by Crippen LogP contribution is -2.41. The molecule has 18 heavy (non-hydrogen) atoms. The second kappa shape index (κ2) is 5.72. The molecule has 0 N–H and O–H groups in total. The van der Waals surface area contributed by atoms with Crippen LogP contribution in [0.5, 0.6) is 0 Å². The Balaban J connectivity index is 2.64. The molecule has 102 valence electrons. The van der Waals surface area contributed by atoms with E-state index >= 15 is 0 Å². The maximum atomic E-state index is 14.1. The SMILES string of the molecule is CC(C)(C)[Si](C)(C)OCC(F)c1cccc(Cl)c1. The smallest absolute Gasteiger partial charge is 0.192 e. The summed E-state index contributed by atoms with van der Waals surface area (Å²) in [7, 11) is -1.89. The molecule has 0 amide bonds. The van der Waals surface area contributed by atoms with Gasteiger partial charge in [0, 0.05) is 5.02 Å². The lowest BCUT2D eigenvalue weighted by molar-refractivity contribution is 0.183. The molecule has 0 aliphatic heterocycles. The van der Waals surface area contributed by atoms with Crippen LogP contribution in [0.4, 0.5) is 4.39 Å². The molecule has 0 aliphatic rings. The van der Waals surface area contributed by atoms with Gasteiger partial charge in [-0.25, -0.2) is 4.39 Å². The standard InChI is InChI=1S/C14H22ClFOSi/c1-14(2,3)18(4,5)17-10-13(16)11-7-6-8-12(15)9-11/h6-9,13H,10H2,1-5H3. The van der Waals surface area contributed by atoms with E-state index in [0.717, 1.165) is 0 Å². The van der Waals surface area contributed by atoms with Crippen molar-refractivity contribution in [2.45, 2.75) is 45.1 Å². The molecular weight excluding hydrogens is 267 g/mol. The summed E-state index contributed by atoms with van der Waals surface area (Å²) in [5.41, 5.74) is 0.584. The van der Waals surface area contributed by atoms with Crippen LogP contribution < -0.4 is 0 Å². The number of hydrogen-bond acceptors (Lipinski definition) is 1. The van der Waals surface area contributed by atoms with E-state index in [0.29, 0.717) is 10.6 Å². The summed E-state index contributed by atoms with van der Waals surface area (Å²) in [4.78, 5) is 0. The van der Waals surface area contributed by atoms with Crippen molar-refractivity contribution in [3.8, 4) is 0 Å². The van der Waals surface area contributed by atoms with Gasteiger partial charge in [0.25, 0.3) is 0 Å². The summed E-state index contributed by atoms with van der Waals surface area (Å²) in [6.45, 7) is 10.8. The van der Waals surface area contributed by atoms with Crippen molar-refractivity contribution < 1.29 is 8.82 Å². The Morgan fingerprint density at radius 1 is 1.33 bits per heavy atom. The van der Waals surface area contributed by atoms with E-state index in [2.05, 4.69) is 33.9 Å². The minimum absolute atomic E-state index is 0.0983. The third-order valence-corrected chi connectivity index (χ3v) is 8.34. The molecule has 0 heterocycles. The fourth-order valence-electron chi connectivity index (χ4n) is 1.30. The lowest BCUT2D eigenvalue weighted by Gasteiger charge is -2.36. The third-order valence-electron chi connectivity index (χ3n) is 3.61. The van der Waals surface area contributed by atoms with Gasteiger partial charge in [-0.1, -0.05) is 44.5 Å². The Kier molecular flexibility index (Phi) is 4.98. The fourth-order valence-corrected chi connectivity index (χ4v) is 2.49. The van der Waals surface area contributed by atoms with Crippen LogP contribution in [-0.2, 0) is 4.43 Å². The summed E-state index contributed by atoms with van der Waals surface area (Å²) in [5.74, 6) is 0. The molecule has 0 saturated carbocycles. The molecule has 1 aromatic rings. The molecule has 0 bridgehead atoms. The molecule has 1 nitrogen and oxygen atoms in total. The van der Waals surface area contributed by atoms with Crippen molar-refractivity contribution in [3.05, 3.63) is 34.9 Å². The van der Waals surface area contributed by atoms with Gasteiger partial charge in [0.05, 0.1) is 6.61 Å². The Labute approximate surface area is 115 Å². The molecular formula is C14H22ClFOSi. The zero-order valence-electron chi connectivity index (χ0n) is 11.8. The zero-order chi connectivity index (χ0) is 14.0. The molecule has 4 heteroatoms. The molecule has 1 atom stereocenters. The van der Waals surface area contributed by atoms with Crippen LogP contribution in [0.2, 0.25) is 23.2 Å². The van der Waals surface area contributed by atoms with E-state index in [1.807, 2.05) is 0 Å². The molecule has 0 aromatic heterocycles. The minimum atomic E-state index is -1.89. The summed E-state index contributed by atoms with van der Waals surface area (Å²) in [5, 5.41) is 0.656. The van der Waals surface area contributed by atoms with E-state index in [-0.39, 0.29) is 11.6 Å². The molecule has 0 spiro atoms. The predicted molar refractivity (Wildman–Crippen MR) is 78.5 cm³/mol. The normalized spacial score (nSPS) is 14.6. The molecule has 0 fully saturated rings. The molecule has 1 aromatic carbocycles. The minimum Gasteiger partial charge on any atom is -0.414 e. The Morgan fingerprint density at radius 3 is 2.44 bits per heavy atom. The van der Waals surface area contributed by atoms with Crippen LogP contribution in [0.25, 0.3) is 0 Å². The maximum Gasteiger partial charge on any atom is 0.192 e. The summed E-state index contributed by atoms with van der Waals surface area (Å²) < 4.78 is 19.9. The van der Waals surface area contributed by atoms with Gasteiger partial charge in [0.15, 0.2) is 8.32 Å². The van der Waals surface area contributed by atoms with Crippen molar-refractivity contribution in [2.24, 2.45) is 0 Å². The average Bonchev–Trinajstić information content (AvgIpc) is 2.24. The van der Waals surface area contributed by atoms with Gasteiger partial charge in [-0.15, -0.1) is 0 Å². The second-order valence-electron chi connectivity index (χ2n) is 6.09. The van der Waals surface area contributed by atoms with E-state index in [1.165, 1.54) is 0 Å². The number of hydrogen-bond donors (Lipinski definition) is 0. The van der Waals surface area contributed by atoms with Crippen LogP contribution in [0, 0.1) is 0 Å². The maximum absolute atomic E-state index is 14.1. The first kappa shape index (κ1) is 15.7. The van der Waals surface area contributed by atoms with E-state index in [9.17, 15) is 4.39 Å². The summed E-state index contributed by atoms with van der Waals surface area (Å²) in [6.07, 6.45) is -1.11. The van der Waals surface area contributed by atoms with Gasteiger partial charge in [-0.05, 0) is 35.8 Å². The first-order valence-electron chi connectivity index (χ1n) is 6.17. The molecule has 0 radical (unpaired) electrons. The molecule has 0 aliphatic carbocycles. The first-order chi connectivity index (χ1) is 8.13. The molecule has 1 unspecified atom stereocenters. The van der Waals surface area contributed by atoms with Crippen LogP contribution in [0.3, 0.4) is 0 Å². The quantitative estimate of drug-likeness (QED) is 0.677. The number of halogens is 2. The first-order valence-corrected chi connectivity index (χ1v) is 9.45. The van der Waals surface area contributed by atoms with Gasteiger partial charge in [-0.2, -0.15) is 0 Å². The van der Waals surface area contributed by atoms with Gasteiger partial charge in [0.2, 0.25) is 0 Å². The van der Waals surface area contributed by atoms with E-state index < -0.39 is 14.5 Å². The van der Waals surface area contributed by atoms with Crippen molar-refractivity contribution in [3.63, 3.8) is 0 Å². The van der Waals surface area contributed by atoms with Crippen LogP contribution in [0.1, 0.15) is 32.5 Å². The highest BCUT2D eigenvalue weighted by Gasteiger charge is 2.37. The largest absolute Gasteiger partial charge is 0.414 e. The Hall–Kier alpha value is -0.383. The van der Waals surface area contributed by atoms with Gasteiger partial charge < -0.3 is 4.43 Å². The monoisotopic (exact) mass is 288 g/mol. The van der Waals surface area contributed by atoms with Crippen molar-refractivity contribution in [2.75, 3.05) is 6.61 Å². The van der Waals surface area contributed by atoms with Crippen molar-refractivity contribution >= 4 is 19.9 Å². The lowest BCUT2D eigenvalue weighted by atomic mass is 10.1. The predicted octanol–water partition coefficient (Wildman–Crippen LogP) is 5.37. The highest BCUT2D eigenvalue weighted by molar-refractivity contribution is 6.74. The fraction of sp³-hybridized carbons (Fsp3) is 0.571. The van der Waals surface area contributed by atoms with Gasteiger partial charge in [0.1, 0.15) is 6.17 Å². The Morgan fingerprint density at radius 2 is 1.94 bits per heavy atom. The van der Waals surface area contributed by atoms with Crippen LogP contribution in [0.15, 0.2) is 24.3 Å². The molecule has 1 rings (SSSR count).